The monoisotopic (exact) mass is 938 g/mol. The zero-order chi connectivity index (χ0) is 48.2. The van der Waals surface area contributed by atoms with Crippen LogP contribution >= 0.6 is 0 Å². The fourth-order valence-corrected chi connectivity index (χ4v) is 8.04. The molecule has 0 aromatic carbocycles. The van der Waals surface area contributed by atoms with Gasteiger partial charge in [-0.1, -0.05) is 164 Å². The number of amides is 1. The molecule has 0 saturated carbocycles. The Bertz CT molecular complexity index is 1340. The van der Waals surface area contributed by atoms with Gasteiger partial charge in [0.25, 0.3) is 0 Å². The van der Waals surface area contributed by atoms with Crippen molar-refractivity contribution in [1.82, 2.24) is 5.32 Å². The van der Waals surface area contributed by atoms with Crippen molar-refractivity contribution in [2.45, 2.75) is 242 Å². The zero-order valence-electron chi connectivity index (χ0n) is 40.4. The van der Waals surface area contributed by atoms with Crippen LogP contribution in [0.2, 0.25) is 0 Å². The molecule has 0 radical (unpaired) electrons. The van der Waals surface area contributed by atoms with Crippen molar-refractivity contribution >= 4 is 5.91 Å². The normalized spacial score (nSPS) is 27.3. The first kappa shape index (κ1) is 59.8. The number of carbonyl (C=O) groups is 1. The predicted octanol–water partition coefficient (Wildman–Crippen LogP) is 6.66. The average Bonchev–Trinajstić information content (AvgIpc) is 3.31. The Balaban J connectivity index is 1.81. The number of hydrogen-bond donors (Lipinski definition) is 9. The van der Waals surface area contributed by atoms with Gasteiger partial charge in [-0.25, -0.2) is 0 Å². The van der Waals surface area contributed by atoms with Crippen molar-refractivity contribution in [2.24, 2.45) is 0 Å². The minimum Gasteiger partial charge on any atom is -0.394 e. The van der Waals surface area contributed by atoms with Gasteiger partial charge in [0.15, 0.2) is 12.6 Å². The fourth-order valence-electron chi connectivity index (χ4n) is 8.04. The number of allylic oxidation sites excluding steroid dienone is 9. The highest BCUT2D eigenvalue weighted by Crippen LogP contribution is 2.30. The van der Waals surface area contributed by atoms with E-state index in [2.05, 4.69) is 67.8 Å². The fraction of sp³-hybridized carbons (Fsp3) is 0.788. The first-order valence-electron chi connectivity index (χ1n) is 25.5. The van der Waals surface area contributed by atoms with Crippen LogP contribution in [-0.2, 0) is 23.7 Å². The van der Waals surface area contributed by atoms with Gasteiger partial charge in [0, 0.05) is 6.42 Å². The highest BCUT2D eigenvalue weighted by molar-refractivity contribution is 5.76. The van der Waals surface area contributed by atoms with E-state index in [4.69, 9.17) is 18.9 Å². The van der Waals surface area contributed by atoms with E-state index in [1.807, 2.05) is 6.08 Å². The quantitative estimate of drug-likeness (QED) is 0.0234. The Morgan fingerprint density at radius 3 is 1.61 bits per heavy atom. The van der Waals surface area contributed by atoms with E-state index < -0.39 is 86.8 Å². The molecule has 2 aliphatic rings. The zero-order valence-corrected chi connectivity index (χ0v) is 40.4. The number of carbonyl (C=O) groups excluding carboxylic acids is 1. The number of nitrogens with one attached hydrogen (secondary N) is 1. The van der Waals surface area contributed by atoms with Crippen LogP contribution in [0.4, 0.5) is 0 Å². The van der Waals surface area contributed by atoms with Crippen molar-refractivity contribution in [3.8, 4) is 0 Å². The minimum atomic E-state index is -1.79. The maximum atomic E-state index is 13.2. The largest absolute Gasteiger partial charge is 0.394 e. The van der Waals surface area contributed by atoms with Crippen molar-refractivity contribution < 1.29 is 64.6 Å². The number of hydrogen-bond acceptors (Lipinski definition) is 13. The van der Waals surface area contributed by atoms with Gasteiger partial charge in [0.2, 0.25) is 5.91 Å². The molecule has 66 heavy (non-hydrogen) atoms. The molecular weight excluding hydrogens is 847 g/mol. The molecular formula is C52H91NO13. The summed E-state index contributed by atoms with van der Waals surface area (Å²) in [6.07, 6.45) is 29.7. The summed E-state index contributed by atoms with van der Waals surface area (Å²) in [6.45, 7) is 2.63. The van der Waals surface area contributed by atoms with E-state index in [9.17, 15) is 45.6 Å². The van der Waals surface area contributed by atoms with E-state index in [0.29, 0.717) is 6.42 Å². The standard InChI is InChI=1S/C52H91NO13/c1-3-5-7-9-11-13-15-16-17-18-19-20-21-22-23-24-26-28-30-32-34-36-44(57)53-40(41(56)35-33-31-29-27-25-14-12-10-8-6-4-2)39-63-51-49(62)47(60)50(43(38-55)65-51)66-52-48(61)46(59)45(58)42(37-54)64-52/h5,7,11,13,16-17,19-20,33,35,40-43,45-52,54-56,58-62H,3-4,6,8-10,12,14-15,18,21-32,34,36-39H2,1-2H3,(H,53,57)/b7-5-,13-11-,17-16-,20-19-,35-33+. The van der Waals surface area contributed by atoms with Crippen LogP contribution in [0, 0.1) is 0 Å². The average molecular weight is 938 g/mol. The molecule has 1 amide bonds. The number of rotatable bonds is 38. The summed E-state index contributed by atoms with van der Waals surface area (Å²) >= 11 is 0. The van der Waals surface area contributed by atoms with Crippen LogP contribution < -0.4 is 5.32 Å². The molecule has 0 aliphatic carbocycles. The molecule has 0 aromatic rings. The van der Waals surface area contributed by atoms with Crippen LogP contribution in [-0.4, -0.2) is 140 Å². The second-order valence-corrected chi connectivity index (χ2v) is 17.9. The summed E-state index contributed by atoms with van der Waals surface area (Å²) in [5.74, 6) is -0.253. The van der Waals surface area contributed by atoms with Crippen LogP contribution in [0.5, 0.6) is 0 Å². The van der Waals surface area contributed by atoms with Gasteiger partial charge in [0.1, 0.15) is 48.8 Å². The highest BCUT2D eigenvalue weighted by Gasteiger charge is 2.51. The van der Waals surface area contributed by atoms with Gasteiger partial charge in [-0.2, -0.15) is 0 Å². The third-order valence-electron chi connectivity index (χ3n) is 12.2. The third-order valence-corrected chi connectivity index (χ3v) is 12.2. The lowest BCUT2D eigenvalue weighted by molar-refractivity contribution is -0.359. The second kappa shape index (κ2) is 38.5. The SMILES string of the molecule is CC/C=C\C/C=C\C/C=C\C/C=C\CCCCCCCCCCC(=O)NC(COC1OC(CO)C(OC2OC(CO)C(O)C(O)C2O)C(O)C1O)C(O)/C=C/CCCCCCCCCCC. The molecule has 2 rings (SSSR count). The topological polar surface area (TPSA) is 228 Å². The Morgan fingerprint density at radius 2 is 1.05 bits per heavy atom. The predicted molar refractivity (Wildman–Crippen MR) is 258 cm³/mol. The first-order chi connectivity index (χ1) is 32.1. The van der Waals surface area contributed by atoms with E-state index in [1.165, 1.54) is 70.6 Å². The lowest BCUT2D eigenvalue weighted by atomic mass is 9.97. The molecule has 12 unspecified atom stereocenters. The molecule has 9 N–H and O–H groups in total. The molecule has 0 bridgehead atoms. The first-order valence-corrected chi connectivity index (χ1v) is 25.5. The van der Waals surface area contributed by atoms with Crippen LogP contribution in [0.25, 0.3) is 0 Å². The van der Waals surface area contributed by atoms with Crippen molar-refractivity contribution in [3.63, 3.8) is 0 Å². The number of aliphatic hydroxyl groups is 8. The third kappa shape index (κ3) is 25.3. The molecule has 14 heteroatoms. The molecule has 0 spiro atoms. The van der Waals surface area contributed by atoms with Gasteiger partial charge in [0.05, 0.1) is 32.0 Å². The lowest BCUT2D eigenvalue weighted by Crippen LogP contribution is -2.65. The van der Waals surface area contributed by atoms with Gasteiger partial charge in [-0.05, 0) is 57.8 Å². The van der Waals surface area contributed by atoms with E-state index in [-0.39, 0.29) is 18.9 Å². The molecule has 14 nitrogen and oxygen atoms in total. The number of ether oxygens (including phenoxy) is 4. The van der Waals surface area contributed by atoms with Crippen molar-refractivity contribution in [3.05, 3.63) is 60.8 Å². The molecule has 2 aliphatic heterocycles. The molecule has 2 heterocycles. The highest BCUT2D eigenvalue weighted by atomic mass is 16.7. The van der Waals surface area contributed by atoms with E-state index >= 15 is 0 Å². The molecule has 0 aromatic heterocycles. The summed E-state index contributed by atoms with van der Waals surface area (Å²) in [5, 5.41) is 86.6. The molecule has 12 atom stereocenters. The number of aliphatic hydroxyl groups excluding tert-OH is 8. The minimum absolute atomic E-state index is 0.253. The van der Waals surface area contributed by atoms with E-state index in [1.54, 1.807) is 6.08 Å². The van der Waals surface area contributed by atoms with Gasteiger partial charge >= 0.3 is 0 Å². The van der Waals surface area contributed by atoms with Crippen molar-refractivity contribution in [1.29, 1.82) is 0 Å². The van der Waals surface area contributed by atoms with Crippen LogP contribution in [0.3, 0.4) is 0 Å². The summed E-state index contributed by atoms with van der Waals surface area (Å²) in [7, 11) is 0. The van der Waals surface area contributed by atoms with Gasteiger partial charge in [-0.15, -0.1) is 0 Å². The van der Waals surface area contributed by atoms with Crippen LogP contribution in [0.1, 0.15) is 168 Å². The Kier molecular flexibility index (Phi) is 34.9. The summed E-state index contributed by atoms with van der Waals surface area (Å²) in [4.78, 5) is 13.2. The lowest BCUT2D eigenvalue weighted by Gasteiger charge is -2.46. The van der Waals surface area contributed by atoms with E-state index in [0.717, 1.165) is 70.6 Å². The van der Waals surface area contributed by atoms with Gasteiger partial charge < -0.3 is 65.1 Å². The van der Waals surface area contributed by atoms with Crippen molar-refractivity contribution in [2.75, 3.05) is 19.8 Å². The molecule has 382 valence electrons. The molecule has 2 saturated heterocycles. The summed E-state index contributed by atoms with van der Waals surface area (Å²) in [6, 6.07) is -0.919. The maximum Gasteiger partial charge on any atom is 0.220 e. The Morgan fingerprint density at radius 1 is 0.561 bits per heavy atom. The smallest absolute Gasteiger partial charge is 0.220 e. The van der Waals surface area contributed by atoms with Crippen LogP contribution in [0.15, 0.2) is 60.8 Å². The Labute approximate surface area is 396 Å². The summed E-state index contributed by atoms with van der Waals surface area (Å²) in [5.41, 5.74) is 0. The molecule has 2 fully saturated rings. The summed E-state index contributed by atoms with van der Waals surface area (Å²) < 4.78 is 22.7. The van der Waals surface area contributed by atoms with Gasteiger partial charge in [-0.3, -0.25) is 4.79 Å². The second-order valence-electron chi connectivity index (χ2n) is 17.9. The number of unbranched alkanes of at least 4 members (excludes halogenated alkanes) is 17. The Hall–Kier alpha value is -2.31. The maximum absolute atomic E-state index is 13.2.